The summed E-state index contributed by atoms with van der Waals surface area (Å²) < 4.78 is 71.6. The van der Waals surface area contributed by atoms with Crippen LogP contribution >= 0.6 is 114 Å². The van der Waals surface area contributed by atoms with Gasteiger partial charge in [-0.15, -0.1) is 68.0 Å². The Balaban J connectivity index is 1.04. The standard InChI is InChI=1S/C76H96Cl2F4N2S8Si2/c1-17-25-29-43(21-5)37-93(38-44(22-6)30-26-18-2)50-33-47(85-66(50)67-52(93)35-49(87-67)65-57(77)41(9)63(89-65)71-83-73-74(91-71)84-72(92-73)64-42(10)58(78)70(90-64)76(14,15)16)55-59(79)61(81)56(62(82)60(55)80)48-34-51-68(86-48)69-53(36-54(88-69)75(11,12)13)94(51,39-45(23-7)31-27-19-3)40-46(24-8)32-28-20-4/h33-36,43-46H,17-32,37-40H2,1-16H3. The summed E-state index contributed by atoms with van der Waals surface area (Å²) in [6.07, 6.45) is 17.7. The van der Waals surface area contributed by atoms with E-state index in [1.165, 1.54) is 53.2 Å². The highest BCUT2D eigenvalue weighted by Crippen LogP contribution is 2.56. The molecule has 11 rings (SSSR count). The Bertz CT molecular complexity index is 4100. The molecule has 2 aliphatic rings. The predicted molar refractivity (Wildman–Crippen MR) is 420 cm³/mol. The van der Waals surface area contributed by atoms with Gasteiger partial charge in [-0.3, -0.25) is 0 Å². The van der Waals surface area contributed by atoms with Gasteiger partial charge in [0, 0.05) is 43.9 Å². The molecule has 0 saturated heterocycles. The van der Waals surface area contributed by atoms with E-state index in [9.17, 15) is 0 Å². The van der Waals surface area contributed by atoms with Crippen LogP contribution in [-0.2, 0) is 10.8 Å². The predicted octanol–water partition coefficient (Wildman–Crippen LogP) is 27.5. The van der Waals surface area contributed by atoms with E-state index in [0.717, 1.165) is 202 Å². The zero-order valence-corrected chi connectivity index (χ0v) is 68.2. The number of thiophene rings is 6. The van der Waals surface area contributed by atoms with Gasteiger partial charge in [-0.1, -0.05) is 246 Å². The molecule has 0 amide bonds. The molecule has 508 valence electrons. The summed E-state index contributed by atoms with van der Waals surface area (Å²) in [6, 6.07) is 13.1. The van der Waals surface area contributed by atoms with Crippen molar-refractivity contribution in [2.75, 3.05) is 0 Å². The third-order valence-corrected chi connectivity index (χ3v) is 44.6. The maximum Gasteiger partial charge on any atom is 0.171 e. The quantitative estimate of drug-likeness (QED) is 0.0265. The number of nitrogens with zero attached hydrogens (tertiary/aromatic N) is 2. The zero-order chi connectivity index (χ0) is 67.7. The van der Waals surface area contributed by atoms with Gasteiger partial charge in [-0.2, -0.15) is 0 Å². The Kier molecular flexibility index (Phi) is 22.7. The molecule has 0 aliphatic carbocycles. The van der Waals surface area contributed by atoms with E-state index in [4.69, 9.17) is 33.2 Å². The Hall–Kier alpha value is -2.33. The fourth-order valence-electron chi connectivity index (χ4n) is 15.4. The third-order valence-electron chi connectivity index (χ3n) is 21.0. The van der Waals surface area contributed by atoms with Gasteiger partial charge in [-0.05, 0) is 129 Å². The van der Waals surface area contributed by atoms with Crippen LogP contribution in [-0.4, -0.2) is 26.1 Å². The normalized spacial score (nSPS) is 17.6. The van der Waals surface area contributed by atoms with Gasteiger partial charge in [0.1, 0.15) is 26.2 Å². The number of thiazole rings is 2. The molecule has 0 bridgehead atoms. The van der Waals surface area contributed by atoms with Crippen molar-refractivity contribution < 1.29 is 17.6 Å². The van der Waals surface area contributed by atoms with Crippen LogP contribution in [0.5, 0.6) is 0 Å². The molecular weight excluding hydrogens is 1400 g/mol. The summed E-state index contributed by atoms with van der Waals surface area (Å²) in [5, 5.41) is 8.62. The van der Waals surface area contributed by atoms with Crippen LogP contribution < -0.4 is 20.7 Å². The van der Waals surface area contributed by atoms with Crippen molar-refractivity contribution in [3.8, 4) is 69.9 Å². The fourth-order valence-corrected chi connectivity index (χ4v) is 42.2. The number of rotatable bonds is 29. The van der Waals surface area contributed by atoms with Crippen molar-refractivity contribution in [1.82, 2.24) is 9.97 Å². The van der Waals surface area contributed by atoms with Crippen LogP contribution in [0, 0.1) is 60.8 Å². The van der Waals surface area contributed by atoms with Gasteiger partial charge in [0.25, 0.3) is 0 Å². The lowest BCUT2D eigenvalue weighted by molar-refractivity contribution is 0.463. The third kappa shape index (κ3) is 13.4. The van der Waals surface area contributed by atoms with E-state index < -0.39 is 50.5 Å². The molecule has 2 aliphatic heterocycles. The first-order chi connectivity index (χ1) is 44.8. The lowest BCUT2D eigenvalue weighted by Crippen LogP contribution is -2.57. The molecule has 18 heteroatoms. The highest BCUT2D eigenvalue weighted by molar-refractivity contribution is 7.35. The summed E-state index contributed by atoms with van der Waals surface area (Å²) in [5.41, 5.74) is 0.708. The van der Waals surface area contributed by atoms with Crippen LogP contribution in [0.1, 0.15) is 221 Å². The average Bonchev–Trinajstić information content (AvgIpc) is 1.54. The van der Waals surface area contributed by atoms with Gasteiger partial charge in [-0.25, -0.2) is 27.5 Å². The Morgan fingerprint density at radius 2 is 0.745 bits per heavy atom. The number of hydrogen-bond donors (Lipinski definition) is 0. The van der Waals surface area contributed by atoms with E-state index in [1.807, 2.05) is 23.5 Å². The fraction of sp³-hybridized carbons (Fsp3) is 0.553. The van der Waals surface area contributed by atoms with Crippen LogP contribution in [0.15, 0.2) is 24.3 Å². The first-order valence-electron chi connectivity index (χ1n) is 35.1. The molecule has 0 radical (unpaired) electrons. The molecule has 0 spiro atoms. The van der Waals surface area contributed by atoms with Gasteiger partial charge in [0.15, 0.2) is 32.9 Å². The molecule has 10 heterocycles. The van der Waals surface area contributed by atoms with Crippen molar-refractivity contribution in [2.24, 2.45) is 23.7 Å². The second-order valence-electron chi connectivity index (χ2n) is 29.6. The van der Waals surface area contributed by atoms with Gasteiger partial charge < -0.3 is 0 Å². The number of benzene rings is 1. The maximum absolute atomic E-state index is 17.9. The summed E-state index contributed by atoms with van der Waals surface area (Å²) in [4.78, 5) is 23.8. The van der Waals surface area contributed by atoms with Crippen LogP contribution in [0.3, 0.4) is 0 Å². The van der Waals surface area contributed by atoms with Crippen LogP contribution in [0.2, 0.25) is 34.2 Å². The smallest absolute Gasteiger partial charge is 0.171 e. The van der Waals surface area contributed by atoms with Crippen molar-refractivity contribution in [1.29, 1.82) is 0 Å². The molecule has 2 nitrogen and oxygen atoms in total. The summed E-state index contributed by atoms with van der Waals surface area (Å²) in [5.74, 6) is -3.33. The lowest BCUT2D eigenvalue weighted by Gasteiger charge is -2.36. The number of fused-ring (bicyclic) bond motifs is 7. The summed E-state index contributed by atoms with van der Waals surface area (Å²) >= 11 is 27.3. The molecule has 9 aromatic rings. The minimum absolute atomic E-state index is 0.0832. The van der Waals surface area contributed by atoms with Crippen LogP contribution in [0.4, 0.5) is 17.6 Å². The highest BCUT2D eigenvalue weighted by Gasteiger charge is 2.53. The van der Waals surface area contributed by atoms with Crippen molar-refractivity contribution in [3.05, 3.63) is 78.5 Å². The Labute approximate surface area is 602 Å². The Morgan fingerprint density at radius 3 is 1.10 bits per heavy atom. The number of aromatic nitrogens is 2. The van der Waals surface area contributed by atoms with Gasteiger partial charge in [0.05, 0.1) is 35.8 Å². The molecule has 0 fully saturated rings. The zero-order valence-electron chi connectivity index (χ0n) is 58.2. The van der Waals surface area contributed by atoms with E-state index in [-0.39, 0.29) is 15.7 Å². The topological polar surface area (TPSA) is 25.8 Å². The first-order valence-corrected chi connectivity index (χ1v) is 47.2. The molecule has 4 atom stereocenters. The van der Waals surface area contributed by atoms with Crippen molar-refractivity contribution in [3.63, 3.8) is 0 Å². The lowest BCUT2D eigenvalue weighted by atomic mass is 9.94. The maximum atomic E-state index is 17.9. The van der Waals surface area contributed by atoms with E-state index in [1.54, 1.807) is 56.7 Å². The van der Waals surface area contributed by atoms with Gasteiger partial charge in [0.2, 0.25) is 0 Å². The van der Waals surface area contributed by atoms with Crippen molar-refractivity contribution >= 4 is 160 Å². The molecule has 4 unspecified atom stereocenters. The molecule has 1 aromatic carbocycles. The molecule has 0 N–H and O–H groups in total. The summed E-state index contributed by atoms with van der Waals surface area (Å²) in [7, 11) is -5.42. The first kappa shape index (κ1) is 72.9. The van der Waals surface area contributed by atoms with E-state index in [2.05, 4.69) is 123 Å². The highest BCUT2D eigenvalue weighted by atomic mass is 35.5. The minimum Gasteiger partial charge on any atom is -0.222 e. The second-order valence-corrected chi connectivity index (χ2v) is 46.7. The molecule has 0 saturated carbocycles. The second kappa shape index (κ2) is 29.3. The number of halogens is 6. The van der Waals surface area contributed by atoms with E-state index in [0.29, 0.717) is 33.6 Å². The SMILES string of the molecule is CCCCC(CC)C[Si]1(CC(CC)CCCC)c2cc(-c3sc(-c4nc5sc(-c6sc(C(C)(C)C)c(Cl)c6C)nc5s4)c(C)c3Cl)sc2-c2sc(-c3c(F)c(F)c(-c4cc5c(s4)-c4sc(C(C)(C)C)cc4[Si]5(CC(CC)CCCC)CC(CC)CCCC)c(F)c3F)cc21. The molecule has 8 aromatic heterocycles. The summed E-state index contributed by atoms with van der Waals surface area (Å²) in [6.45, 7) is 35.9. The monoisotopic (exact) mass is 1490 g/mol. The average molecular weight is 1500 g/mol. The van der Waals surface area contributed by atoms with Crippen molar-refractivity contribution in [2.45, 2.75) is 249 Å². The number of hydrogen-bond acceptors (Lipinski definition) is 10. The molecule has 94 heavy (non-hydrogen) atoms. The largest absolute Gasteiger partial charge is 0.222 e. The number of unbranched alkanes of at least 4 members (excludes halogenated alkanes) is 4. The molecular formula is C76H96Cl2F4N2S8Si2. The Morgan fingerprint density at radius 1 is 0.404 bits per heavy atom. The van der Waals surface area contributed by atoms with Crippen LogP contribution in [0.25, 0.3) is 79.6 Å². The van der Waals surface area contributed by atoms with Gasteiger partial charge >= 0.3 is 0 Å². The van der Waals surface area contributed by atoms with E-state index >= 15 is 17.6 Å². The minimum atomic E-state index is -2.81.